The van der Waals surface area contributed by atoms with E-state index < -0.39 is 5.54 Å². The van der Waals surface area contributed by atoms with E-state index in [0.29, 0.717) is 0 Å². The maximum atomic E-state index is 9.57. The van der Waals surface area contributed by atoms with E-state index in [0.717, 1.165) is 29.7 Å². The number of nitrogens with zero attached hydrogens (tertiary/aromatic N) is 1. The first-order chi connectivity index (χ1) is 8.60. The van der Waals surface area contributed by atoms with E-state index in [4.69, 9.17) is 5.73 Å². The van der Waals surface area contributed by atoms with Crippen molar-refractivity contribution in [3.8, 4) is 0 Å². The van der Waals surface area contributed by atoms with Crippen molar-refractivity contribution in [3.63, 3.8) is 0 Å². The van der Waals surface area contributed by atoms with E-state index >= 15 is 0 Å². The van der Waals surface area contributed by atoms with Gasteiger partial charge in [0.15, 0.2) is 0 Å². The fourth-order valence-electron chi connectivity index (χ4n) is 2.69. The first kappa shape index (κ1) is 13.7. The summed E-state index contributed by atoms with van der Waals surface area (Å²) in [6.45, 7) is 6.24. The molecule has 3 N–H and O–H groups in total. The van der Waals surface area contributed by atoms with Crippen LogP contribution >= 0.6 is 15.9 Å². The molecule has 1 aromatic rings. The van der Waals surface area contributed by atoms with Crippen LogP contribution < -0.4 is 5.73 Å². The molecular weight excluding hydrogens is 292 g/mol. The molecule has 2 rings (SSSR count). The molecule has 4 heteroatoms. The van der Waals surface area contributed by atoms with Crippen LogP contribution in [0.2, 0.25) is 0 Å². The Bertz CT molecular complexity index is 438. The van der Waals surface area contributed by atoms with Crippen LogP contribution in [-0.2, 0) is 5.54 Å². The monoisotopic (exact) mass is 310 g/mol. The summed E-state index contributed by atoms with van der Waals surface area (Å²) in [5.74, 6) is 0.0618. The molecule has 2 unspecified atom stereocenters. The first-order valence-electron chi connectivity index (χ1n) is 6.09. The van der Waals surface area contributed by atoms with Gasteiger partial charge in [0.05, 0.1) is 5.54 Å². The minimum Gasteiger partial charge on any atom is -0.396 e. The Labute approximate surface area is 116 Å². The Hall–Kier alpha value is -0.680. The highest BCUT2D eigenvalue weighted by Gasteiger charge is 2.44. The molecule has 0 aliphatic carbocycles. The van der Waals surface area contributed by atoms with Gasteiger partial charge in [-0.3, -0.25) is 4.90 Å². The molecule has 1 heterocycles. The van der Waals surface area contributed by atoms with E-state index in [1.807, 2.05) is 30.3 Å². The molecule has 0 radical (unpaired) electrons. The maximum Gasteiger partial charge on any atom is 0.0602 e. The molecule has 0 amide bonds. The SMILES string of the molecule is C=CCN1CC(CO)C(N)(c2cccc(Br)c2)C1. The van der Waals surface area contributed by atoms with Crippen LogP contribution in [0, 0.1) is 5.92 Å². The second kappa shape index (κ2) is 5.53. The predicted molar refractivity (Wildman–Crippen MR) is 77.2 cm³/mol. The minimum atomic E-state index is -0.485. The van der Waals surface area contributed by atoms with Crippen LogP contribution in [0.4, 0.5) is 0 Å². The van der Waals surface area contributed by atoms with E-state index in [1.165, 1.54) is 0 Å². The molecule has 0 saturated carbocycles. The zero-order valence-corrected chi connectivity index (χ0v) is 11.9. The minimum absolute atomic E-state index is 0.0618. The van der Waals surface area contributed by atoms with Crippen LogP contribution in [0.25, 0.3) is 0 Å². The number of hydrogen-bond donors (Lipinski definition) is 2. The van der Waals surface area contributed by atoms with Crippen molar-refractivity contribution in [2.24, 2.45) is 11.7 Å². The van der Waals surface area contributed by atoms with E-state index in [1.54, 1.807) is 0 Å². The standard InChI is InChI=1S/C14H19BrN2O/c1-2-6-17-8-12(9-18)14(16,10-17)11-4-3-5-13(15)7-11/h2-5,7,12,18H,1,6,8-10,16H2. The zero-order chi connectivity index (χ0) is 13.2. The molecule has 3 nitrogen and oxygen atoms in total. The van der Waals surface area contributed by atoms with Crippen molar-refractivity contribution in [2.45, 2.75) is 5.54 Å². The van der Waals surface area contributed by atoms with Gasteiger partial charge in [0, 0.05) is 36.6 Å². The number of nitrogens with two attached hydrogens (primary N) is 1. The van der Waals surface area contributed by atoms with Crippen molar-refractivity contribution in [3.05, 3.63) is 47.0 Å². The van der Waals surface area contributed by atoms with Crippen LogP contribution in [-0.4, -0.2) is 36.2 Å². The lowest BCUT2D eigenvalue weighted by molar-refractivity contribution is 0.185. The molecule has 0 aromatic heterocycles. The van der Waals surface area contributed by atoms with Crippen molar-refractivity contribution in [1.82, 2.24) is 4.90 Å². The molecule has 1 fully saturated rings. The van der Waals surface area contributed by atoms with E-state index in [-0.39, 0.29) is 12.5 Å². The fraction of sp³-hybridized carbons (Fsp3) is 0.429. The summed E-state index contributed by atoms with van der Waals surface area (Å²) in [5.41, 5.74) is 7.16. The highest BCUT2D eigenvalue weighted by Crippen LogP contribution is 2.35. The average Bonchev–Trinajstić information content (AvgIpc) is 2.67. The second-order valence-electron chi connectivity index (χ2n) is 4.91. The molecule has 2 atom stereocenters. The van der Waals surface area contributed by atoms with E-state index in [2.05, 4.69) is 27.4 Å². The second-order valence-corrected chi connectivity index (χ2v) is 5.83. The van der Waals surface area contributed by atoms with Gasteiger partial charge in [0.2, 0.25) is 0 Å². The third-order valence-electron chi connectivity index (χ3n) is 3.66. The van der Waals surface area contributed by atoms with Gasteiger partial charge in [0.1, 0.15) is 0 Å². The summed E-state index contributed by atoms with van der Waals surface area (Å²) in [4.78, 5) is 2.23. The summed E-state index contributed by atoms with van der Waals surface area (Å²) < 4.78 is 1.02. The molecule has 18 heavy (non-hydrogen) atoms. The lowest BCUT2D eigenvalue weighted by Crippen LogP contribution is -2.45. The first-order valence-corrected chi connectivity index (χ1v) is 6.88. The van der Waals surface area contributed by atoms with Gasteiger partial charge in [0.25, 0.3) is 0 Å². The van der Waals surface area contributed by atoms with Gasteiger partial charge in [-0.1, -0.05) is 34.1 Å². The number of halogens is 1. The largest absolute Gasteiger partial charge is 0.396 e. The summed E-state index contributed by atoms with van der Waals surface area (Å²) in [5, 5.41) is 9.57. The van der Waals surface area contributed by atoms with Crippen molar-refractivity contribution in [2.75, 3.05) is 26.2 Å². The fourth-order valence-corrected chi connectivity index (χ4v) is 3.08. The Morgan fingerprint density at radius 3 is 3.00 bits per heavy atom. The topological polar surface area (TPSA) is 49.5 Å². The number of hydrogen-bond acceptors (Lipinski definition) is 3. The van der Waals surface area contributed by atoms with Gasteiger partial charge < -0.3 is 10.8 Å². The Balaban J connectivity index is 2.30. The number of rotatable bonds is 4. The molecule has 98 valence electrons. The average molecular weight is 311 g/mol. The third-order valence-corrected chi connectivity index (χ3v) is 4.16. The smallest absolute Gasteiger partial charge is 0.0602 e. The normalized spacial score (nSPS) is 28.5. The van der Waals surface area contributed by atoms with Crippen molar-refractivity contribution >= 4 is 15.9 Å². The molecule has 0 bridgehead atoms. The third kappa shape index (κ3) is 2.52. The number of benzene rings is 1. The molecule has 0 spiro atoms. The molecule has 1 aromatic carbocycles. The Morgan fingerprint density at radius 1 is 1.61 bits per heavy atom. The Kier molecular flexibility index (Phi) is 4.22. The van der Waals surface area contributed by atoms with Gasteiger partial charge in [-0.25, -0.2) is 0 Å². The highest BCUT2D eigenvalue weighted by atomic mass is 79.9. The summed E-state index contributed by atoms with van der Waals surface area (Å²) in [7, 11) is 0. The van der Waals surface area contributed by atoms with Crippen molar-refractivity contribution in [1.29, 1.82) is 0 Å². The number of likely N-dealkylation sites (tertiary alicyclic amines) is 1. The Morgan fingerprint density at radius 2 is 2.39 bits per heavy atom. The zero-order valence-electron chi connectivity index (χ0n) is 10.3. The quantitative estimate of drug-likeness (QED) is 0.833. The number of aliphatic hydroxyl groups is 1. The van der Waals surface area contributed by atoms with Crippen LogP contribution in [0.1, 0.15) is 5.56 Å². The molecule has 1 saturated heterocycles. The van der Waals surface area contributed by atoms with Crippen molar-refractivity contribution < 1.29 is 5.11 Å². The lowest BCUT2D eigenvalue weighted by atomic mass is 9.82. The number of aliphatic hydroxyl groups excluding tert-OH is 1. The summed E-state index contributed by atoms with van der Waals surface area (Å²) in [6, 6.07) is 8.04. The highest BCUT2D eigenvalue weighted by molar-refractivity contribution is 9.10. The van der Waals surface area contributed by atoms with Crippen LogP contribution in [0.15, 0.2) is 41.4 Å². The van der Waals surface area contributed by atoms with Gasteiger partial charge in [-0.05, 0) is 17.7 Å². The predicted octanol–water partition coefficient (Wildman–Crippen LogP) is 1.71. The molecule has 1 aliphatic heterocycles. The van der Waals surface area contributed by atoms with E-state index in [9.17, 15) is 5.11 Å². The molecule has 1 aliphatic rings. The lowest BCUT2D eigenvalue weighted by Gasteiger charge is -2.30. The maximum absolute atomic E-state index is 9.57. The summed E-state index contributed by atoms with van der Waals surface area (Å²) >= 11 is 3.47. The van der Waals surface area contributed by atoms with Crippen LogP contribution in [0.5, 0.6) is 0 Å². The van der Waals surface area contributed by atoms with Gasteiger partial charge in [-0.15, -0.1) is 6.58 Å². The molecular formula is C14H19BrN2O. The summed E-state index contributed by atoms with van der Waals surface area (Å²) in [6.07, 6.45) is 1.88. The van der Waals surface area contributed by atoms with Crippen LogP contribution in [0.3, 0.4) is 0 Å². The van der Waals surface area contributed by atoms with Gasteiger partial charge >= 0.3 is 0 Å². The van der Waals surface area contributed by atoms with Gasteiger partial charge in [-0.2, -0.15) is 0 Å².